The van der Waals surface area contributed by atoms with Crippen LogP contribution >= 0.6 is 0 Å². The average Bonchev–Trinajstić information content (AvgIpc) is 3.73. The molecule has 2 aliphatic rings. The zero-order valence-electron chi connectivity index (χ0n) is 26.7. The molecule has 0 spiro atoms. The molecule has 2 heterocycles. The molecule has 47 heavy (non-hydrogen) atoms. The van der Waals surface area contributed by atoms with Crippen LogP contribution in [0, 0.1) is 0 Å². The number of hydrogen-bond donors (Lipinski definition) is 5. The zero-order valence-corrected chi connectivity index (χ0v) is 26.7. The number of carbonyl (C=O) groups is 6. The van der Waals surface area contributed by atoms with E-state index in [0.717, 1.165) is 18.1 Å². The molecule has 0 saturated carbocycles. The van der Waals surface area contributed by atoms with Gasteiger partial charge in [0.2, 0.25) is 29.5 Å². The van der Waals surface area contributed by atoms with Crippen LogP contribution in [0.4, 0.5) is 0 Å². The fourth-order valence-electron chi connectivity index (χ4n) is 5.88. The summed E-state index contributed by atoms with van der Waals surface area (Å²) in [6.07, 6.45) is 2.54. The lowest BCUT2D eigenvalue weighted by Crippen LogP contribution is -2.58. The predicted octanol–water partition coefficient (Wildman–Crippen LogP) is 0.00610. The molecule has 2 aromatic carbocycles. The lowest BCUT2D eigenvalue weighted by Gasteiger charge is -2.36. The first-order valence-electron chi connectivity index (χ1n) is 15.5. The quantitative estimate of drug-likeness (QED) is 0.221. The molecule has 2 saturated heterocycles. The smallest absolute Gasteiger partial charge is 0.300 e. The van der Waals surface area contributed by atoms with E-state index in [2.05, 4.69) is 5.32 Å². The topological polar surface area (TPSA) is 217 Å². The number of primary amides is 1. The number of amides is 5. The van der Waals surface area contributed by atoms with Crippen LogP contribution in [0.2, 0.25) is 0 Å². The zero-order chi connectivity index (χ0) is 34.7. The Morgan fingerprint density at radius 1 is 0.872 bits per heavy atom. The SMILES string of the molecule is CC(=O)O.CN(C(=O)[C@@H]1CCCN1C(=O)[C@@H](N)Cc1ccc(O)cc1)C(Cc1ccccc1)C(=O)N1CCC[C@@H]1C(=O)NCC(N)=O. The third-order valence-electron chi connectivity index (χ3n) is 8.18. The van der Waals surface area contributed by atoms with E-state index in [0.29, 0.717) is 38.8 Å². The van der Waals surface area contributed by atoms with Crippen molar-refractivity contribution in [3.05, 3.63) is 65.7 Å². The summed E-state index contributed by atoms with van der Waals surface area (Å²) >= 11 is 0. The fourth-order valence-corrected chi connectivity index (χ4v) is 5.88. The van der Waals surface area contributed by atoms with Gasteiger partial charge in [-0.3, -0.25) is 28.8 Å². The summed E-state index contributed by atoms with van der Waals surface area (Å²) in [5.41, 5.74) is 13.1. The number of nitrogens with two attached hydrogens (primary N) is 2. The van der Waals surface area contributed by atoms with Gasteiger partial charge in [-0.15, -0.1) is 0 Å². The summed E-state index contributed by atoms with van der Waals surface area (Å²) in [4.78, 5) is 78.8. The molecule has 2 aromatic rings. The number of aliphatic carboxylic acids is 1. The van der Waals surface area contributed by atoms with Gasteiger partial charge in [0, 0.05) is 33.5 Å². The van der Waals surface area contributed by atoms with Crippen molar-refractivity contribution in [3.63, 3.8) is 0 Å². The highest BCUT2D eigenvalue weighted by atomic mass is 16.4. The van der Waals surface area contributed by atoms with Crippen molar-refractivity contribution >= 4 is 35.5 Å². The molecule has 7 N–H and O–H groups in total. The summed E-state index contributed by atoms with van der Waals surface area (Å²) < 4.78 is 0. The molecular formula is C33H44N6O8. The average molecular weight is 653 g/mol. The van der Waals surface area contributed by atoms with Crippen molar-refractivity contribution in [2.75, 3.05) is 26.7 Å². The second-order valence-electron chi connectivity index (χ2n) is 11.7. The molecule has 254 valence electrons. The van der Waals surface area contributed by atoms with Crippen LogP contribution < -0.4 is 16.8 Å². The summed E-state index contributed by atoms with van der Waals surface area (Å²) in [5.74, 6) is -2.97. The van der Waals surface area contributed by atoms with Crippen molar-refractivity contribution in [1.82, 2.24) is 20.0 Å². The largest absolute Gasteiger partial charge is 0.508 e. The molecule has 0 aliphatic carbocycles. The van der Waals surface area contributed by atoms with E-state index in [1.165, 1.54) is 26.8 Å². The monoisotopic (exact) mass is 652 g/mol. The summed E-state index contributed by atoms with van der Waals surface area (Å²) in [6.45, 7) is 1.46. The molecule has 4 atom stereocenters. The standard InChI is InChI=1S/C31H40N6O6.C2H4O2/c1-35(30(42)25-10-6-16-37(25)29(41)23(32)17-21-11-13-22(38)14-12-21)26(18-20-7-3-2-4-8-20)31(43)36-15-5-9-24(36)28(40)34-19-27(33)39;1-2(3)4/h2-4,7-8,11-14,23-26,38H,5-6,9-10,15-19,32H2,1H3,(H2,33,39)(H,34,40);1H3,(H,3,4)/t23-,24+,25-,26?;/m0./s1. The van der Waals surface area contributed by atoms with Gasteiger partial charge >= 0.3 is 0 Å². The number of benzene rings is 2. The van der Waals surface area contributed by atoms with Crippen molar-refractivity contribution < 1.29 is 39.0 Å². The van der Waals surface area contributed by atoms with Gasteiger partial charge in [0.15, 0.2) is 0 Å². The predicted molar refractivity (Wildman–Crippen MR) is 171 cm³/mol. The van der Waals surface area contributed by atoms with Crippen molar-refractivity contribution in [2.45, 2.75) is 69.6 Å². The van der Waals surface area contributed by atoms with Gasteiger partial charge in [0.1, 0.15) is 23.9 Å². The van der Waals surface area contributed by atoms with Crippen LogP contribution in [0.25, 0.3) is 0 Å². The first-order valence-corrected chi connectivity index (χ1v) is 15.5. The van der Waals surface area contributed by atoms with E-state index < -0.39 is 42.0 Å². The Balaban J connectivity index is 0.00000142. The molecule has 0 aromatic heterocycles. The molecular weight excluding hydrogens is 608 g/mol. The number of phenols is 1. The Kier molecular flexibility index (Phi) is 13.3. The highest BCUT2D eigenvalue weighted by Gasteiger charge is 2.43. The number of likely N-dealkylation sites (N-methyl/N-ethyl adjacent to an activating group) is 1. The second-order valence-corrected chi connectivity index (χ2v) is 11.7. The summed E-state index contributed by atoms with van der Waals surface area (Å²) in [5, 5.41) is 19.4. The van der Waals surface area contributed by atoms with Crippen LogP contribution in [-0.4, -0.2) is 111 Å². The van der Waals surface area contributed by atoms with Crippen molar-refractivity contribution in [1.29, 1.82) is 0 Å². The number of nitrogens with one attached hydrogen (secondary N) is 1. The maximum Gasteiger partial charge on any atom is 0.300 e. The highest BCUT2D eigenvalue weighted by molar-refractivity contribution is 5.96. The second kappa shape index (κ2) is 17.1. The number of hydrogen-bond acceptors (Lipinski definition) is 8. The van der Waals surface area contributed by atoms with Crippen LogP contribution in [0.3, 0.4) is 0 Å². The number of likely N-dealkylation sites (tertiary alicyclic amines) is 2. The molecule has 14 heteroatoms. The number of nitrogens with zero attached hydrogens (tertiary/aromatic N) is 3. The minimum atomic E-state index is -0.928. The third kappa shape index (κ3) is 10.3. The van der Waals surface area contributed by atoms with Crippen LogP contribution in [0.15, 0.2) is 54.6 Å². The Hall–Kier alpha value is -4.98. The van der Waals surface area contributed by atoms with E-state index in [-0.39, 0.29) is 42.9 Å². The van der Waals surface area contributed by atoms with Crippen LogP contribution in [-0.2, 0) is 41.6 Å². The van der Waals surface area contributed by atoms with Crippen LogP contribution in [0.1, 0.15) is 43.7 Å². The van der Waals surface area contributed by atoms with Gasteiger partial charge in [-0.1, -0.05) is 42.5 Å². The van der Waals surface area contributed by atoms with Gasteiger partial charge in [-0.2, -0.15) is 0 Å². The van der Waals surface area contributed by atoms with E-state index >= 15 is 0 Å². The molecule has 14 nitrogen and oxygen atoms in total. The minimum absolute atomic E-state index is 0.114. The first-order chi connectivity index (χ1) is 22.3. The van der Waals surface area contributed by atoms with Gasteiger partial charge in [0.25, 0.3) is 5.97 Å². The molecule has 0 bridgehead atoms. The molecule has 2 aliphatic heterocycles. The number of aromatic hydroxyl groups is 1. The summed E-state index contributed by atoms with van der Waals surface area (Å²) in [7, 11) is 1.56. The Morgan fingerprint density at radius 2 is 1.40 bits per heavy atom. The van der Waals surface area contributed by atoms with E-state index in [9.17, 15) is 29.1 Å². The van der Waals surface area contributed by atoms with Gasteiger partial charge in [-0.05, 0) is 55.4 Å². The molecule has 1 unspecified atom stereocenters. The normalized spacial score (nSPS) is 18.4. The van der Waals surface area contributed by atoms with E-state index in [1.54, 1.807) is 19.2 Å². The molecule has 0 radical (unpaired) electrons. The molecule has 2 fully saturated rings. The highest BCUT2D eigenvalue weighted by Crippen LogP contribution is 2.25. The Morgan fingerprint density at radius 3 is 1.98 bits per heavy atom. The maximum atomic E-state index is 14.1. The Labute approximate surface area is 273 Å². The third-order valence-corrected chi connectivity index (χ3v) is 8.18. The van der Waals surface area contributed by atoms with E-state index in [1.807, 2.05) is 30.3 Å². The van der Waals surface area contributed by atoms with Crippen LogP contribution in [0.5, 0.6) is 5.75 Å². The minimum Gasteiger partial charge on any atom is -0.508 e. The number of carboxylic acids is 1. The maximum absolute atomic E-state index is 14.1. The van der Waals surface area contributed by atoms with Crippen molar-refractivity contribution in [3.8, 4) is 5.75 Å². The molecule has 5 amide bonds. The lowest BCUT2D eigenvalue weighted by molar-refractivity contribution is -0.151. The van der Waals surface area contributed by atoms with E-state index in [4.69, 9.17) is 21.4 Å². The lowest BCUT2D eigenvalue weighted by atomic mass is 10.0. The number of phenolic OH excluding ortho intramolecular Hbond substituents is 1. The van der Waals surface area contributed by atoms with Gasteiger partial charge in [0.05, 0.1) is 12.6 Å². The molecule has 4 rings (SSSR count). The van der Waals surface area contributed by atoms with Gasteiger partial charge < -0.3 is 41.7 Å². The van der Waals surface area contributed by atoms with Gasteiger partial charge in [-0.25, -0.2) is 0 Å². The summed E-state index contributed by atoms with van der Waals surface area (Å²) in [6, 6.07) is 12.4. The van der Waals surface area contributed by atoms with Crippen molar-refractivity contribution in [2.24, 2.45) is 11.5 Å². The number of carboxylic acid groups (broad SMARTS) is 1. The number of carbonyl (C=O) groups excluding carboxylic acids is 5. The first kappa shape index (κ1) is 36.5. The number of rotatable bonds is 11. The Bertz CT molecular complexity index is 1420. The fraction of sp³-hybridized carbons (Fsp3) is 0.455.